The summed E-state index contributed by atoms with van der Waals surface area (Å²) < 4.78 is 38.8. The van der Waals surface area contributed by atoms with Gasteiger partial charge in [-0.2, -0.15) is 0 Å². The largest absolute Gasteiger partial charge is 0.460 e. The lowest BCUT2D eigenvalue weighted by Crippen LogP contribution is -2.58. The number of aryl methyl sites for hydroxylation is 1. The highest BCUT2D eigenvalue weighted by atomic mass is 16.6. The number of aromatic nitrogens is 1. The zero-order chi connectivity index (χ0) is 44.9. The molecule has 0 fully saturated rings. The number of fused-ring (bicyclic) bond motifs is 2. The summed E-state index contributed by atoms with van der Waals surface area (Å²) >= 11 is 0. The van der Waals surface area contributed by atoms with Crippen molar-refractivity contribution in [1.82, 2.24) is 14.5 Å². The number of hydrogen-bond acceptors (Lipinski definition) is 11. The molecular weight excluding hydrogens is 769 g/mol. The number of amides is 1. The molecule has 1 aliphatic heterocycles. The van der Waals surface area contributed by atoms with E-state index in [1.807, 2.05) is 28.2 Å². The predicted octanol–water partition coefficient (Wildman–Crippen LogP) is 5.72. The molecule has 0 bridgehead atoms. The van der Waals surface area contributed by atoms with Crippen molar-refractivity contribution in [2.75, 3.05) is 72.7 Å². The number of benzene rings is 2. The van der Waals surface area contributed by atoms with Gasteiger partial charge in [-0.25, -0.2) is 4.58 Å². The average Bonchev–Trinajstić information content (AvgIpc) is 3.10. The zero-order valence-corrected chi connectivity index (χ0v) is 38.5. The van der Waals surface area contributed by atoms with Crippen molar-refractivity contribution in [3.63, 3.8) is 0 Å². The van der Waals surface area contributed by atoms with E-state index < -0.39 is 40.2 Å². The highest BCUT2D eigenvalue weighted by Gasteiger charge is 2.34. The summed E-state index contributed by atoms with van der Waals surface area (Å²) in [5.74, 6) is -1.54. The van der Waals surface area contributed by atoms with E-state index in [9.17, 15) is 19.2 Å². The summed E-state index contributed by atoms with van der Waals surface area (Å²) in [5.41, 5.74) is 1.03. The van der Waals surface area contributed by atoms with Gasteiger partial charge in [0.1, 0.15) is 36.4 Å². The minimum atomic E-state index is -1.26. The fourth-order valence-corrected chi connectivity index (χ4v) is 6.31. The molecule has 0 saturated heterocycles. The quantitative estimate of drug-likeness (QED) is 0.0462. The number of ether oxygens (including phenoxy) is 6. The Balaban J connectivity index is 1.89. The van der Waals surface area contributed by atoms with Crippen LogP contribution in [0.3, 0.4) is 0 Å². The van der Waals surface area contributed by atoms with Crippen LogP contribution >= 0.6 is 0 Å². The number of carbonyl (C=O) groups excluding carboxylic acids is 4. The molecule has 1 aromatic rings. The van der Waals surface area contributed by atoms with Gasteiger partial charge in [0, 0.05) is 44.9 Å². The minimum absolute atomic E-state index is 0.0109. The van der Waals surface area contributed by atoms with Crippen LogP contribution in [0.4, 0.5) is 5.69 Å². The molecule has 0 radical (unpaired) electrons. The summed E-state index contributed by atoms with van der Waals surface area (Å²) in [5, 5.41) is 5.28. The van der Waals surface area contributed by atoms with Gasteiger partial charge in [-0.15, -0.1) is 0 Å². The van der Waals surface area contributed by atoms with E-state index in [1.165, 1.54) is 0 Å². The fourth-order valence-electron chi connectivity index (χ4n) is 6.31. The van der Waals surface area contributed by atoms with Gasteiger partial charge < -0.3 is 43.2 Å². The van der Waals surface area contributed by atoms with Crippen LogP contribution in [0, 0.1) is 0 Å². The van der Waals surface area contributed by atoms with Crippen LogP contribution in [0.5, 0.6) is 0 Å². The molecule has 60 heavy (non-hydrogen) atoms. The van der Waals surface area contributed by atoms with E-state index >= 15 is 0 Å². The van der Waals surface area contributed by atoms with Gasteiger partial charge >= 0.3 is 17.9 Å². The Labute approximate surface area is 356 Å². The Hall–Kier alpha value is -4.53. The molecule has 1 aromatic carbocycles. The molecule has 14 heteroatoms. The molecule has 0 unspecified atom stereocenters. The molecule has 1 amide bonds. The third-order valence-electron chi connectivity index (χ3n) is 8.89. The first kappa shape index (κ1) is 49.8. The molecule has 0 saturated carbocycles. The van der Waals surface area contributed by atoms with Crippen molar-refractivity contribution < 1.29 is 47.6 Å². The van der Waals surface area contributed by atoms with Gasteiger partial charge in [0.05, 0.1) is 70.1 Å². The predicted molar refractivity (Wildman–Crippen MR) is 234 cm³/mol. The van der Waals surface area contributed by atoms with E-state index in [1.54, 1.807) is 62.3 Å². The number of rotatable bonds is 21. The Morgan fingerprint density at radius 1 is 0.650 bits per heavy atom. The first-order chi connectivity index (χ1) is 27.9. The summed E-state index contributed by atoms with van der Waals surface area (Å²) in [7, 11) is 8.04. The summed E-state index contributed by atoms with van der Waals surface area (Å²) in [6.07, 6.45) is 0.615. The molecule has 1 heterocycles. The van der Waals surface area contributed by atoms with E-state index in [-0.39, 0.29) is 71.2 Å². The van der Waals surface area contributed by atoms with Crippen LogP contribution in [0.1, 0.15) is 94.4 Å². The topological polar surface area (TPSA) is 147 Å². The van der Waals surface area contributed by atoms with Gasteiger partial charge in [0.25, 0.3) is 0 Å². The van der Waals surface area contributed by atoms with Crippen LogP contribution in [0.15, 0.2) is 42.5 Å². The fraction of sp³-hybridized carbons (Fsp3) is 0.630. The molecule has 3 rings (SSSR count). The van der Waals surface area contributed by atoms with Crippen molar-refractivity contribution >= 4 is 40.4 Å². The average molecular weight is 840 g/mol. The first-order valence-corrected chi connectivity index (χ1v) is 20.8. The lowest BCUT2D eigenvalue weighted by molar-refractivity contribution is -0.157. The number of anilines is 1. The van der Waals surface area contributed by atoms with Crippen LogP contribution in [-0.2, 0) is 54.1 Å². The molecule has 0 aromatic heterocycles. The van der Waals surface area contributed by atoms with E-state index in [2.05, 4.69) is 61.8 Å². The standard InChI is InChI=1S/C46H70N4O10/c1-43(2,3)58-40(52)20-24-55-30-46(31-56-25-21-41(53)59-44(4,5)6,32-57-26-22-42(54)60-45(7,8)9)47-39(51)15-14-23-50-37-28-35(48(10)11)18-16-33(37)27-34-17-19-36(49(12)13)29-38(34)50/h16-19,27-29H,14-15,20-26,30-32H2,1-13H3/p+1. The highest BCUT2D eigenvalue weighted by molar-refractivity contribution is 5.89. The zero-order valence-electron chi connectivity index (χ0n) is 38.5. The second-order valence-electron chi connectivity index (χ2n) is 18.7. The second-order valence-corrected chi connectivity index (χ2v) is 18.7. The van der Waals surface area contributed by atoms with Crippen LogP contribution in [0.25, 0.3) is 22.2 Å². The molecule has 2 aliphatic rings. The number of nitrogens with zero attached hydrogens (tertiary/aromatic N) is 3. The van der Waals surface area contributed by atoms with E-state index in [0.717, 1.165) is 33.2 Å². The number of hydrogen-bond donors (Lipinski definition) is 1. The monoisotopic (exact) mass is 840 g/mol. The van der Waals surface area contributed by atoms with Crippen molar-refractivity contribution in [2.45, 2.75) is 123 Å². The number of nitrogens with one attached hydrogen (secondary N) is 1. The lowest BCUT2D eigenvalue weighted by atomic mass is 10.0. The van der Waals surface area contributed by atoms with Gasteiger partial charge in [-0.05, 0) is 104 Å². The smallest absolute Gasteiger partial charge is 0.308 e. The van der Waals surface area contributed by atoms with Crippen molar-refractivity contribution in [3.8, 4) is 11.3 Å². The van der Waals surface area contributed by atoms with Gasteiger partial charge in [-0.3, -0.25) is 19.2 Å². The van der Waals surface area contributed by atoms with Gasteiger partial charge in [-0.1, -0.05) is 6.07 Å². The molecule has 14 nitrogen and oxygen atoms in total. The Kier molecular flexibility index (Phi) is 18.1. The SMILES string of the molecule is CN(C)c1ccc2cc3ccc(=[N+](C)C)cc-3n(CCCC(=O)NC(COCCC(=O)OC(C)(C)C)(COCCC(=O)OC(C)(C)C)COCCC(=O)OC(C)(C)C)c2c1. The molecule has 1 N–H and O–H groups in total. The van der Waals surface area contributed by atoms with Gasteiger partial charge in [0.15, 0.2) is 0 Å². The summed E-state index contributed by atoms with van der Waals surface area (Å²) in [6.45, 7) is 16.4. The van der Waals surface area contributed by atoms with Crippen molar-refractivity contribution in [2.24, 2.45) is 0 Å². The normalized spacial score (nSPS) is 12.3. The lowest BCUT2D eigenvalue weighted by Gasteiger charge is -2.34. The van der Waals surface area contributed by atoms with Crippen molar-refractivity contribution in [3.05, 3.63) is 47.8 Å². The highest BCUT2D eigenvalue weighted by Crippen LogP contribution is 2.30. The molecule has 1 aliphatic carbocycles. The third-order valence-corrected chi connectivity index (χ3v) is 8.89. The minimum Gasteiger partial charge on any atom is -0.460 e. The molecule has 334 valence electrons. The summed E-state index contributed by atoms with van der Waals surface area (Å²) in [4.78, 5) is 53.6. The van der Waals surface area contributed by atoms with E-state index in [4.69, 9.17) is 28.4 Å². The Bertz CT molecular complexity index is 1860. The number of pyridine rings is 1. The van der Waals surface area contributed by atoms with E-state index in [0.29, 0.717) is 13.0 Å². The van der Waals surface area contributed by atoms with Crippen molar-refractivity contribution in [1.29, 1.82) is 0 Å². The maximum atomic E-state index is 14.0. The maximum absolute atomic E-state index is 14.0. The maximum Gasteiger partial charge on any atom is 0.308 e. The Morgan fingerprint density at radius 3 is 1.57 bits per heavy atom. The molecular formula is C46H71N4O10+. The number of carbonyl (C=O) groups is 4. The van der Waals surface area contributed by atoms with Crippen LogP contribution < -0.4 is 20.1 Å². The Morgan fingerprint density at radius 2 is 1.13 bits per heavy atom. The molecule has 0 atom stereocenters. The second kappa shape index (κ2) is 21.8. The number of esters is 3. The molecule has 0 spiro atoms. The first-order valence-electron chi connectivity index (χ1n) is 20.8. The third kappa shape index (κ3) is 17.6. The van der Waals surface area contributed by atoms with Gasteiger partial charge in [0.2, 0.25) is 11.3 Å². The van der Waals surface area contributed by atoms with Crippen LogP contribution in [0.2, 0.25) is 0 Å². The summed E-state index contributed by atoms with van der Waals surface area (Å²) in [6, 6.07) is 15.0. The van der Waals surface area contributed by atoms with Crippen LogP contribution in [-0.4, -0.2) is 119 Å².